The molecule has 2 atom stereocenters. The van der Waals surface area contributed by atoms with Crippen LogP contribution in [0.5, 0.6) is 0 Å². The van der Waals surface area contributed by atoms with Gasteiger partial charge in [0.25, 0.3) is 0 Å². The van der Waals surface area contributed by atoms with Crippen molar-refractivity contribution < 1.29 is 0 Å². The van der Waals surface area contributed by atoms with Crippen molar-refractivity contribution in [3.05, 3.63) is 109 Å². The lowest BCUT2D eigenvalue weighted by molar-refractivity contribution is 0.576. The molecule has 0 fully saturated rings. The highest BCUT2D eigenvalue weighted by molar-refractivity contribution is 5.92. The van der Waals surface area contributed by atoms with Crippen LogP contribution in [-0.2, 0) is 6.42 Å². The maximum absolute atomic E-state index is 4.58. The van der Waals surface area contributed by atoms with Gasteiger partial charge in [-0.3, -0.25) is 0 Å². The zero-order chi connectivity index (χ0) is 18.8. The van der Waals surface area contributed by atoms with Gasteiger partial charge in [-0.15, -0.1) is 0 Å². The van der Waals surface area contributed by atoms with Crippen LogP contribution < -0.4 is 5.32 Å². The van der Waals surface area contributed by atoms with Gasteiger partial charge in [-0.05, 0) is 36.2 Å². The van der Waals surface area contributed by atoms with Crippen molar-refractivity contribution in [2.24, 2.45) is 5.92 Å². The number of anilines is 1. The van der Waals surface area contributed by atoms with Gasteiger partial charge in [0, 0.05) is 22.4 Å². The van der Waals surface area contributed by atoms with Crippen molar-refractivity contribution in [3.63, 3.8) is 0 Å². The van der Waals surface area contributed by atoms with Gasteiger partial charge in [0.2, 0.25) is 0 Å². The summed E-state index contributed by atoms with van der Waals surface area (Å²) in [5.74, 6) is 0.634. The van der Waals surface area contributed by atoms with E-state index < -0.39 is 0 Å². The predicted molar refractivity (Wildman–Crippen MR) is 119 cm³/mol. The summed E-state index contributed by atoms with van der Waals surface area (Å²) in [7, 11) is 0. The molecule has 0 saturated heterocycles. The summed E-state index contributed by atoms with van der Waals surface area (Å²) in [6.07, 6.45) is 9.99. The molecule has 2 unspecified atom stereocenters. The number of rotatable bonds is 0. The number of pyridine rings is 1. The van der Waals surface area contributed by atoms with Crippen LogP contribution in [0.25, 0.3) is 21.8 Å². The Labute approximate surface area is 165 Å². The summed E-state index contributed by atoms with van der Waals surface area (Å²) in [4.78, 5) is 4.58. The van der Waals surface area contributed by atoms with Crippen LogP contribution in [0.4, 0.5) is 5.69 Å². The van der Waals surface area contributed by atoms with Gasteiger partial charge in [0.15, 0.2) is 0 Å². The van der Waals surface area contributed by atoms with Crippen molar-refractivity contribution in [3.8, 4) is 0 Å². The minimum absolute atomic E-state index is 0.495. The number of para-hydroxylation sites is 3. The summed E-state index contributed by atoms with van der Waals surface area (Å²) >= 11 is 0. The molecule has 1 aromatic heterocycles. The minimum atomic E-state index is 0.495. The fourth-order valence-electron chi connectivity index (χ4n) is 4.00. The number of hydrogen-bond donors (Lipinski definition) is 1. The second-order valence-electron chi connectivity index (χ2n) is 7.34. The zero-order valence-electron chi connectivity index (χ0n) is 15.6. The molecule has 6 rings (SSSR count). The maximum Gasteiger partial charge on any atom is 0.0709 e. The number of benzene rings is 3. The molecule has 1 aliphatic heterocycles. The van der Waals surface area contributed by atoms with Crippen LogP contribution >= 0.6 is 0 Å². The molecule has 3 aromatic carbocycles. The Morgan fingerprint density at radius 3 is 2.14 bits per heavy atom. The molecular weight excluding hydrogens is 340 g/mol. The summed E-state index contributed by atoms with van der Waals surface area (Å²) in [5.41, 5.74) is 4.86. The Hall–Kier alpha value is -3.39. The van der Waals surface area contributed by atoms with E-state index in [4.69, 9.17) is 0 Å². The van der Waals surface area contributed by atoms with Crippen molar-refractivity contribution >= 4 is 27.5 Å². The van der Waals surface area contributed by atoms with Crippen LogP contribution in [0.15, 0.2) is 103 Å². The quantitative estimate of drug-likeness (QED) is 0.379. The maximum atomic E-state index is 4.58. The lowest BCUT2D eigenvalue weighted by Gasteiger charge is -2.32. The summed E-state index contributed by atoms with van der Waals surface area (Å²) in [5, 5.41) is 5.96. The van der Waals surface area contributed by atoms with Crippen LogP contribution in [0, 0.1) is 5.92 Å². The second kappa shape index (κ2) is 7.32. The molecule has 136 valence electrons. The Kier molecular flexibility index (Phi) is 4.38. The fraction of sp³-hybridized carbons (Fsp3) is 0.115. The van der Waals surface area contributed by atoms with Gasteiger partial charge in [-0.1, -0.05) is 78.9 Å². The standard InChI is InChI=1S/C13H13N.C13H9N/c2*1-3-7-12-10(5-1)9-11-6-2-4-8-13(11)14-12/h1-8,10,12,14H,9H2;1-9H. The molecule has 1 aliphatic carbocycles. The third-order valence-electron chi connectivity index (χ3n) is 5.47. The number of fused-ring (bicyclic) bond motifs is 4. The summed E-state index contributed by atoms with van der Waals surface area (Å²) < 4.78 is 0. The first-order valence-electron chi connectivity index (χ1n) is 9.81. The molecule has 4 aromatic rings. The zero-order valence-corrected chi connectivity index (χ0v) is 15.6. The van der Waals surface area contributed by atoms with Crippen LogP contribution in [-0.4, -0.2) is 11.0 Å². The lowest BCUT2D eigenvalue weighted by atomic mass is 9.85. The van der Waals surface area contributed by atoms with Crippen LogP contribution in [0.3, 0.4) is 0 Å². The average Bonchev–Trinajstić information content (AvgIpc) is 2.76. The highest BCUT2D eigenvalue weighted by atomic mass is 14.9. The topological polar surface area (TPSA) is 24.9 Å². The van der Waals surface area contributed by atoms with E-state index in [-0.39, 0.29) is 0 Å². The molecule has 0 amide bonds. The Morgan fingerprint density at radius 2 is 1.36 bits per heavy atom. The molecule has 2 aliphatic rings. The summed E-state index contributed by atoms with van der Waals surface area (Å²) in [6.45, 7) is 0. The fourth-order valence-corrected chi connectivity index (χ4v) is 4.00. The first kappa shape index (κ1) is 16.8. The SMILES string of the molecule is C1=CC2Cc3ccccc3NC2C=C1.c1ccc2nc3ccccc3cc2c1. The second-order valence-corrected chi connectivity index (χ2v) is 7.34. The molecule has 0 bridgehead atoms. The Balaban J connectivity index is 0.000000122. The number of aromatic nitrogens is 1. The van der Waals surface area contributed by atoms with Gasteiger partial charge in [0.1, 0.15) is 0 Å². The van der Waals surface area contributed by atoms with Gasteiger partial charge < -0.3 is 5.32 Å². The van der Waals surface area contributed by atoms with E-state index in [0.29, 0.717) is 12.0 Å². The molecule has 0 spiro atoms. The van der Waals surface area contributed by atoms with Gasteiger partial charge >= 0.3 is 0 Å². The van der Waals surface area contributed by atoms with Crippen molar-refractivity contribution in [2.75, 3.05) is 5.32 Å². The first-order valence-corrected chi connectivity index (χ1v) is 9.81. The monoisotopic (exact) mass is 362 g/mol. The molecular formula is C26H22N2. The van der Waals surface area contributed by atoms with E-state index in [0.717, 1.165) is 17.5 Å². The number of hydrogen-bond acceptors (Lipinski definition) is 2. The van der Waals surface area contributed by atoms with Crippen molar-refractivity contribution in [1.82, 2.24) is 4.98 Å². The van der Waals surface area contributed by atoms with E-state index in [1.54, 1.807) is 0 Å². The number of nitrogens with one attached hydrogen (secondary N) is 1. The van der Waals surface area contributed by atoms with Crippen molar-refractivity contribution in [2.45, 2.75) is 12.5 Å². The van der Waals surface area contributed by atoms with E-state index in [2.05, 4.69) is 77.1 Å². The molecule has 0 radical (unpaired) electrons. The third kappa shape index (κ3) is 3.29. The molecule has 2 heterocycles. The van der Waals surface area contributed by atoms with Crippen molar-refractivity contribution in [1.29, 1.82) is 0 Å². The Bertz CT molecular complexity index is 1050. The number of nitrogens with zero attached hydrogens (tertiary/aromatic N) is 1. The highest BCUT2D eigenvalue weighted by Crippen LogP contribution is 2.30. The van der Waals surface area contributed by atoms with E-state index in [1.165, 1.54) is 22.0 Å². The van der Waals surface area contributed by atoms with Crippen LogP contribution in [0.1, 0.15) is 5.56 Å². The van der Waals surface area contributed by atoms with E-state index in [1.807, 2.05) is 36.4 Å². The van der Waals surface area contributed by atoms with Gasteiger partial charge in [-0.25, -0.2) is 4.98 Å². The normalized spacial score (nSPS) is 19.3. The van der Waals surface area contributed by atoms with Crippen LogP contribution in [0.2, 0.25) is 0 Å². The number of allylic oxidation sites excluding steroid dienone is 2. The lowest BCUT2D eigenvalue weighted by Crippen LogP contribution is -2.33. The molecule has 1 N–H and O–H groups in total. The predicted octanol–water partition coefficient (Wildman–Crippen LogP) is 6.15. The smallest absolute Gasteiger partial charge is 0.0709 e. The van der Waals surface area contributed by atoms with Gasteiger partial charge in [-0.2, -0.15) is 0 Å². The molecule has 28 heavy (non-hydrogen) atoms. The molecule has 2 nitrogen and oxygen atoms in total. The third-order valence-corrected chi connectivity index (χ3v) is 5.47. The summed E-state index contributed by atoms with van der Waals surface area (Å²) in [6, 6.07) is 27.6. The first-order chi connectivity index (χ1) is 13.9. The van der Waals surface area contributed by atoms with E-state index in [9.17, 15) is 0 Å². The van der Waals surface area contributed by atoms with E-state index >= 15 is 0 Å². The molecule has 0 saturated carbocycles. The largest absolute Gasteiger partial charge is 0.378 e. The average molecular weight is 362 g/mol. The highest BCUT2D eigenvalue weighted by Gasteiger charge is 2.24. The van der Waals surface area contributed by atoms with Gasteiger partial charge in [0.05, 0.1) is 17.1 Å². The Morgan fingerprint density at radius 1 is 0.714 bits per heavy atom. The molecule has 2 heteroatoms. The minimum Gasteiger partial charge on any atom is -0.378 e.